The minimum absolute atomic E-state index is 0.668. The predicted molar refractivity (Wildman–Crippen MR) is 112 cm³/mol. The van der Waals surface area contributed by atoms with E-state index in [2.05, 4.69) is 31.2 Å². The Hall–Kier alpha value is -1.24. The Morgan fingerprint density at radius 1 is 0.885 bits per heavy atom. The van der Waals surface area contributed by atoms with Gasteiger partial charge in [0.25, 0.3) is 0 Å². The molecular weight excluding hydrogens is 316 g/mol. The molecule has 0 heterocycles. The fourth-order valence-electron chi connectivity index (χ4n) is 5.36. The number of rotatable bonds is 7. The molecule has 0 amide bonds. The van der Waals surface area contributed by atoms with Crippen LogP contribution in [-0.4, -0.2) is 6.61 Å². The third-order valence-electron chi connectivity index (χ3n) is 6.96. The van der Waals surface area contributed by atoms with Crippen molar-refractivity contribution in [1.82, 2.24) is 0 Å². The van der Waals surface area contributed by atoms with Crippen LogP contribution >= 0.6 is 0 Å². The van der Waals surface area contributed by atoms with Gasteiger partial charge in [0, 0.05) is 0 Å². The summed E-state index contributed by atoms with van der Waals surface area (Å²) in [5.41, 5.74) is 1.52. The number of benzene rings is 1. The SMILES string of the molecule is C/C=C/COc1ccc(C2CCC(C3CCC(CCC)CC3)CC2)cc1. The van der Waals surface area contributed by atoms with Gasteiger partial charge in [-0.15, -0.1) is 0 Å². The molecule has 26 heavy (non-hydrogen) atoms. The van der Waals surface area contributed by atoms with Gasteiger partial charge in [-0.1, -0.05) is 56.9 Å². The zero-order chi connectivity index (χ0) is 18.2. The fraction of sp³-hybridized carbons (Fsp3) is 0.680. The highest BCUT2D eigenvalue weighted by molar-refractivity contribution is 5.29. The first-order chi connectivity index (χ1) is 12.8. The molecule has 1 heteroatoms. The van der Waals surface area contributed by atoms with Crippen LogP contribution in [-0.2, 0) is 0 Å². The first kappa shape index (κ1) is 19.5. The molecule has 1 aromatic rings. The molecular formula is C25H38O. The molecule has 3 rings (SSSR count). The van der Waals surface area contributed by atoms with Gasteiger partial charge in [0.15, 0.2) is 0 Å². The summed E-state index contributed by atoms with van der Waals surface area (Å²) in [4.78, 5) is 0. The zero-order valence-electron chi connectivity index (χ0n) is 17.0. The van der Waals surface area contributed by atoms with E-state index in [4.69, 9.17) is 4.74 Å². The monoisotopic (exact) mass is 354 g/mol. The van der Waals surface area contributed by atoms with E-state index >= 15 is 0 Å². The second kappa shape index (κ2) is 10.2. The minimum Gasteiger partial charge on any atom is -0.490 e. The van der Waals surface area contributed by atoms with Crippen LogP contribution in [0.1, 0.15) is 89.5 Å². The first-order valence-electron chi connectivity index (χ1n) is 11.1. The van der Waals surface area contributed by atoms with Crippen LogP contribution in [0, 0.1) is 17.8 Å². The predicted octanol–water partition coefficient (Wildman–Crippen LogP) is 7.52. The smallest absolute Gasteiger partial charge is 0.119 e. The van der Waals surface area contributed by atoms with Crippen molar-refractivity contribution >= 4 is 0 Å². The van der Waals surface area contributed by atoms with Crippen LogP contribution in [0.4, 0.5) is 0 Å². The topological polar surface area (TPSA) is 9.23 Å². The summed E-state index contributed by atoms with van der Waals surface area (Å²) < 4.78 is 5.72. The summed E-state index contributed by atoms with van der Waals surface area (Å²) in [5.74, 6) is 4.85. The molecule has 0 atom stereocenters. The van der Waals surface area contributed by atoms with E-state index in [0.29, 0.717) is 6.61 Å². The number of hydrogen-bond donors (Lipinski definition) is 0. The van der Waals surface area contributed by atoms with Crippen LogP contribution in [0.15, 0.2) is 36.4 Å². The molecule has 0 radical (unpaired) electrons. The first-order valence-corrected chi connectivity index (χ1v) is 11.1. The summed E-state index contributed by atoms with van der Waals surface area (Å²) >= 11 is 0. The Balaban J connectivity index is 1.43. The van der Waals surface area contributed by atoms with Crippen LogP contribution in [0.5, 0.6) is 5.75 Å². The molecule has 2 saturated carbocycles. The molecule has 0 bridgehead atoms. The quantitative estimate of drug-likeness (QED) is 0.460. The van der Waals surface area contributed by atoms with E-state index in [1.165, 1.54) is 69.8 Å². The normalized spacial score (nSPS) is 29.8. The van der Waals surface area contributed by atoms with E-state index < -0.39 is 0 Å². The summed E-state index contributed by atoms with van der Waals surface area (Å²) in [6.07, 6.45) is 18.6. The molecule has 2 fully saturated rings. The number of ether oxygens (including phenoxy) is 1. The van der Waals surface area contributed by atoms with E-state index in [-0.39, 0.29) is 0 Å². The second-order valence-electron chi connectivity index (χ2n) is 8.63. The summed E-state index contributed by atoms with van der Waals surface area (Å²) in [6.45, 7) is 5.04. The van der Waals surface area contributed by atoms with Crippen molar-refractivity contribution in [3.8, 4) is 5.75 Å². The lowest BCUT2D eigenvalue weighted by Crippen LogP contribution is -2.25. The molecule has 2 aliphatic rings. The van der Waals surface area contributed by atoms with Crippen molar-refractivity contribution in [2.45, 2.75) is 84.0 Å². The molecule has 1 nitrogen and oxygen atoms in total. The van der Waals surface area contributed by atoms with E-state index in [1.54, 1.807) is 0 Å². The minimum atomic E-state index is 0.668. The summed E-state index contributed by atoms with van der Waals surface area (Å²) in [7, 11) is 0. The van der Waals surface area contributed by atoms with Gasteiger partial charge in [0.2, 0.25) is 0 Å². The third-order valence-corrected chi connectivity index (χ3v) is 6.96. The van der Waals surface area contributed by atoms with Gasteiger partial charge in [-0.3, -0.25) is 0 Å². The van der Waals surface area contributed by atoms with Gasteiger partial charge in [-0.05, 0) is 86.8 Å². The maximum atomic E-state index is 5.72. The van der Waals surface area contributed by atoms with Crippen molar-refractivity contribution in [2.24, 2.45) is 17.8 Å². The van der Waals surface area contributed by atoms with Crippen molar-refractivity contribution in [3.63, 3.8) is 0 Å². The third kappa shape index (κ3) is 5.38. The molecule has 0 spiro atoms. The Morgan fingerprint density at radius 2 is 1.50 bits per heavy atom. The zero-order valence-corrected chi connectivity index (χ0v) is 17.0. The fourth-order valence-corrected chi connectivity index (χ4v) is 5.36. The lowest BCUT2D eigenvalue weighted by Gasteiger charge is -2.38. The average molecular weight is 355 g/mol. The molecule has 0 saturated heterocycles. The van der Waals surface area contributed by atoms with Crippen molar-refractivity contribution in [3.05, 3.63) is 42.0 Å². The highest BCUT2D eigenvalue weighted by Crippen LogP contribution is 2.44. The summed E-state index contributed by atoms with van der Waals surface area (Å²) in [6, 6.07) is 8.90. The Bertz CT molecular complexity index is 528. The highest BCUT2D eigenvalue weighted by Gasteiger charge is 2.31. The Kier molecular flexibility index (Phi) is 7.65. The van der Waals surface area contributed by atoms with Gasteiger partial charge in [0.05, 0.1) is 0 Å². The van der Waals surface area contributed by atoms with Crippen LogP contribution in [0.2, 0.25) is 0 Å². The van der Waals surface area contributed by atoms with E-state index in [0.717, 1.165) is 29.4 Å². The molecule has 144 valence electrons. The van der Waals surface area contributed by atoms with Crippen molar-refractivity contribution in [2.75, 3.05) is 6.61 Å². The Morgan fingerprint density at radius 3 is 2.08 bits per heavy atom. The maximum Gasteiger partial charge on any atom is 0.119 e. The molecule has 2 aliphatic carbocycles. The van der Waals surface area contributed by atoms with Crippen LogP contribution < -0.4 is 4.74 Å². The molecule has 0 N–H and O–H groups in total. The second-order valence-corrected chi connectivity index (χ2v) is 8.63. The largest absolute Gasteiger partial charge is 0.490 e. The number of hydrogen-bond acceptors (Lipinski definition) is 1. The van der Waals surface area contributed by atoms with Crippen molar-refractivity contribution < 1.29 is 4.74 Å². The van der Waals surface area contributed by atoms with Crippen LogP contribution in [0.3, 0.4) is 0 Å². The highest BCUT2D eigenvalue weighted by atomic mass is 16.5. The molecule has 1 aromatic carbocycles. The summed E-state index contributed by atoms with van der Waals surface area (Å²) in [5, 5.41) is 0. The van der Waals surface area contributed by atoms with Gasteiger partial charge in [-0.2, -0.15) is 0 Å². The van der Waals surface area contributed by atoms with E-state index in [1.807, 2.05) is 19.1 Å². The lowest BCUT2D eigenvalue weighted by atomic mass is 9.68. The molecule has 0 unspecified atom stereocenters. The Labute approximate surface area is 161 Å². The van der Waals surface area contributed by atoms with Gasteiger partial charge >= 0.3 is 0 Å². The van der Waals surface area contributed by atoms with Crippen molar-refractivity contribution in [1.29, 1.82) is 0 Å². The average Bonchev–Trinajstić information content (AvgIpc) is 2.70. The standard InChI is InChI=1S/C25H38O/c1-3-5-19-26-25-17-15-24(16-18-25)23-13-11-22(12-14-23)21-9-7-20(6-4-2)8-10-21/h3,5,15-18,20-23H,4,6-14,19H2,1-2H3/b5-3+. The number of allylic oxidation sites excluding steroid dienone is 1. The molecule has 0 aromatic heterocycles. The maximum absolute atomic E-state index is 5.72. The van der Waals surface area contributed by atoms with E-state index in [9.17, 15) is 0 Å². The molecule has 0 aliphatic heterocycles. The lowest BCUT2D eigenvalue weighted by molar-refractivity contribution is 0.156. The van der Waals surface area contributed by atoms with Crippen LogP contribution in [0.25, 0.3) is 0 Å². The van der Waals surface area contributed by atoms with Gasteiger partial charge < -0.3 is 4.74 Å². The van der Waals surface area contributed by atoms with Gasteiger partial charge in [-0.25, -0.2) is 0 Å². The van der Waals surface area contributed by atoms with Gasteiger partial charge in [0.1, 0.15) is 12.4 Å².